The van der Waals surface area contributed by atoms with E-state index >= 15 is 0 Å². The molecule has 0 spiro atoms. The zero-order chi connectivity index (χ0) is 14.1. The van der Waals surface area contributed by atoms with E-state index in [0.717, 1.165) is 19.7 Å². The summed E-state index contributed by atoms with van der Waals surface area (Å²) in [7, 11) is 2.01. The number of morpholine rings is 1. The maximum Gasteiger partial charge on any atom is 0.186 e. The highest BCUT2D eigenvalue weighted by Crippen LogP contribution is 2.37. The Bertz CT molecular complexity index is 460. The molecule has 3 rings (SSSR count). The minimum atomic E-state index is 0.433. The first-order valence-electron chi connectivity index (χ1n) is 7.73. The summed E-state index contributed by atoms with van der Waals surface area (Å²) in [5, 5.41) is 4.48. The smallest absolute Gasteiger partial charge is 0.186 e. The molecule has 1 N–H and O–H groups in total. The Labute approximate surface area is 125 Å². The number of ether oxygens (including phenoxy) is 1. The second kappa shape index (κ2) is 6.00. The van der Waals surface area contributed by atoms with E-state index in [1.807, 2.05) is 18.4 Å². The third kappa shape index (κ3) is 2.59. The van der Waals surface area contributed by atoms with Crippen LogP contribution in [0.4, 0.5) is 5.13 Å². The molecule has 1 aromatic rings. The Morgan fingerprint density at radius 3 is 3.05 bits per heavy atom. The fourth-order valence-electron chi connectivity index (χ4n) is 3.37. The van der Waals surface area contributed by atoms with Gasteiger partial charge in [-0.3, -0.25) is 0 Å². The average molecular weight is 295 g/mol. The number of anilines is 1. The quantitative estimate of drug-likeness (QED) is 0.927. The summed E-state index contributed by atoms with van der Waals surface area (Å²) in [6.07, 6.45) is 4.19. The summed E-state index contributed by atoms with van der Waals surface area (Å²) in [6, 6.07) is 0.553. The van der Waals surface area contributed by atoms with E-state index in [-0.39, 0.29) is 0 Å². The second-order valence-electron chi connectivity index (χ2n) is 6.09. The van der Waals surface area contributed by atoms with E-state index in [9.17, 15) is 0 Å². The second-order valence-corrected chi connectivity index (χ2v) is 7.15. The standard InChI is InChI=1S/C15H25N3OS/c1-10(2)14-13(9-16-3)20-15(17-14)18-7-8-19-12-6-4-5-11(12)18/h10-12,16H,4-9H2,1-3H3. The molecule has 1 aromatic heterocycles. The Balaban J connectivity index is 1.87. The summed E-state index contributed by atoms with van der Waals surface area (Å²) < 4.78 is 5.91. The predicted molar refractivity (Wildman–Crippen MR) is 83.7 cm³/mol. The first kappa shape index (κ1) is 14.3. The molecule has 1 aliphatic heterocycles. The van der Waals surface area contributed by atoms with Crippen LogP contribution in [0.2, 0.25) is 0 Å². The van der Waals surface area contributed by atoms with Crippen molar-refractivity contribution in [2.45, 2.75) is 57.7 Å². The maximum atomic E-state index is 5.91. The summed E-state index contributed by atoms with van der Waals surface area (Å²) in [6.45, 7) is 7.22. The molecule has 0 radical (unpaired) electrons. The third-order valence-electron chi connectivity index (χ3n) is 4.33. The van der Waals surface area contributed by atoms with Crippen molar-refractivity contribution in [3.8, 4) is 0 Å². The van der Waals surface area contributed by atoms with Crippen LogP contribution in [0.1, 0.15) is 49.6 Å². The lowest BCUT2D eigenvalue weighted by Crippen LogP contribution is -2.48. The Morgan fingerprint density at radius 2 is 2.30 bits per heavy atom. The molecule has 0 aromatic carbocycles. The van der Waals surface area contributed by atoms with Gasteiger partial charge in [0.25, 0.3) is 0 Å². The van der Waals surface area contributed by atoms with Crippen molar-refractivity contribution < 1.29 is 4.74 Å². The Hall–Kier alpha value is -0.650. The van der Waals surface area contributed by atoms with Gasteiger partial charge < -0.3 is 15.0 Å². The van der Waals surface area contributed by atoms with E-state index in [1.165, 1.54) is 35.0 Å². The number of rotatable bonds is 4. The molecule has 1 saturated heterocycles. The molecule has 1 aliphatic carbocycles. The van der Waals surface area contributed by atoms with Gasteiger partial charge in [-0.15, -0.1) is 11.3 Å². The van der Waals surface area contributed by atoms with E-state index in [4.69, 9.17) is 9.72 Å². The van der Waals surface area contributed by atoms with Crippen LogP contribution in [0.15, 0.2) is 0 Å². The Morgan fingerprint density at radius 1 is 1.45 bits per heavy atom. The molecule has 2 heterocycles. The molecule has 0 amide bonds. The number of thiazole rings is 1. The molecule has 112 valence electrons. The summed E-state index contributed by atoms with van der Waals surface area (Å²) >= 11 is 1.86. The highest BCUT2D eigenvalue weighted by atomic mass is 32.1. The minimum absolute atomic E-state index is 0.433. The van der Waals surface area contributed by atoms with Crippen molar-refractivity contribution in [3.63, 3.8) is 0 Å². The lowest BCUT2D eigenvalue weighted by atomic mass is 10.1. The van der Waals surface area contributed by atoms with Crippen LogP contribution >= 0.6 is 11.3 Å². The molecule has 20 heavy (non-hydrogen) atoms. The van der Waals surface area contributed by atoms with Gasteiger partial charge in [0.05, 0.1) is 24.4 Å². The minimum Gasteiger partial charge on any atom is -0.374 e. The van der Waals surface area contributed by atoms with E-state index in [0.29, 0.717) is 18.1 Å². The van der Waals surface area contributed by atoms with Gasteiger partial charge in [-0.2, -0.15) is 0 Å². The van der Waals surface area contributed by atoms with Crippen LogP contribution < -0.4 is 10.2 Å². The van der Waals surface area contributed by atoms with Crippen molar-refractivity contribution in [2.75, 3.05) is 25.1 Å². The number of nitrogens with one attached hydrogen (secondary N) is 1. The highest BCUT2D eigenvalue weighted by Gasteiger charge is 2.37. The first-order chi connectivity index (χ1) is 9.70. The summed E-state index contributed by atoms with van der Waals surface area (Å²) in [5.41, 5.74) is 1.26. The number of nitrogens with zero attached hydrogens (tertiary/aromatic N) is 2. The van der Waals surface area contributed by atoms with Crippen LogP contribution in [0.3, 0.4) is 0 Å². The van der Waals surface area contributed by atoms with Crippen molar-refractivity contribution >= 4 is 16.5 Å². The topological polar surface area (TPSA) is 37.4 Å². The van der Waals surface area contributed by atoms with Gasteiger partial charge in [0.15, 0.2) is 5.13 Å². The van der Waals surface area contributed by atoms with Crippen LogP contribution in [0.25, 0.3) is 0 Å². The fraction of sp³-hybridized carbons (Fsp3) is 0.800. The molecule has 2 fully saturated rings. The van der Waals surface area contributed by atoms with Crippen molar-refractivity contribution in [2.24, 2.45) is 0 Å². The number of hydrogen-bond donors (Lipinski definition) is 1. The van der Waals surface area contributed by atoms with Crippen LogP contribution in [0.5, 0.6) is 0 Å². The largest absolute Gasteiger partial charge is 0.374 e. The fourth-order valence-corrected chi connectivity index (χ4v) is 4.69. The van der Waals surface area contributed by atoms with E-state index in [2.05, 4.69) is 24.1 Å². The lowest BCUT2D eigenvalue weighted by Gasteiger charge is -2.37. The molecule has 1 saturated carbocycles. The van der Waals surface area contributed by atoms with Crippen molar-refractivity contribution in [3.05, 3.63) is 10.6 Å². The zero-order valence-electron chi connectivity index (χ0n) is 12.7. The maximum absolute atomic E-state index is 5.91. The molecule has 2 unspecified atom stereocenters. The zero-order valence-corrected chi connectivity index (χ0v) is 13.5. The van der Waals surface area contributed by atoms with Gasteiger partial charge in [-0.1, -0.05) is 13.8 Å². The van der Waals surface area contributed by atoms with Crippen LogP contribution in [-0.2, 0) is 11.3 Å². The van der Waals surface area contributed by atoms with E-state index in [1.54, 1.807) is 0 Å². The molecule has 4 nitrogen and oxygen atoms in total. The molecule has 2 atom stereocenters. The van der Waals surface area contributed by atoms with Crippen molar-refractivity contribution in [1.82, 2.24) is 10.3 Å². The van der Waals surface area contributed by atoms with Gasteiger partial charge in [0.2, 0.25) is 0 Å². The average Bonchev–Trinajstić information content (AvgIpc) is 3.04. The normalized spacial score (nSPS) is 26.3. The highest BCUT2D eigenvalue weighted by molar-refractivity contribution is 7.15. The molecule has 2 aliphatic rings. The summed E-state index contributed by atoms with van der Waals surface area (Å²) in [5.74, 6) is 0.490. The van der Waals surface area contributed by atoms with Gasteiger partial charge in [-0.25, -0.2) is 4.98 Å². The number of hydrogen-bond acceptors (Lipinski definition) is 5. The molecule has 0 bridgehead atoms. The molecule has 5 heteroatoms. The van der Waals surface area contributed by atoms with Crippen LogP contribution in [0, 0.1) is 0 Å². The van der Waals surface area contributed by atoms with Crippen LogP contribution in [-0.4, -0.2) is 37.3 Å². The monoisotopic (exact) mass is 295 g/mol. The summed E-state index contributed by atoms with van der Waals surface area (Å²) in [4.78, 5) is 8.86. The van der Waals surface area contributed by atoms with Gasteiger partial charge in [-0.05, 0) is 32.2 Å². The predicted octanol–water partition coefficient (Wildman–Crippen LogP) is 2.74. The molecular formula is C15H25N3OS. The molecular weight excluding hydrogens is 270 g/mol. The number of fused-ring (bicyclic) bond motifs is 1. The van der Waals surface area contributed by atoms with Crippen molar-refractivity contribution in [1.29, 1.82) is 0 Å². The SMILES string of the molecule is CNCc1sc(N2CCOC3CCCC32)nc1C(C)C. The van der Waals surface area contributed by atoms with E-state index < -0.39 is 0 Å². The van der Waals surface area contributed by atoms with Gasteiger partial charge in [0, 0.05) is 18.0 Å². The Kier molecular flexibility index (Phi) is 4.29. The van der Waals surface area contributed by atoms with Gasteiger partial charge in [0.1, 0.15) is 0 Å². The lowest BCUT2D eigenvalue weighted by molar-refractivity contribution is 0.0256. The van der Waals surface area contributed by atoms with Gasteiger partial charge >= 0.3 is 0 Å². The first-order valence-corrected chi connectivity index (χ1v) is 8.54. The number of aromatic nitrogens is 1. The third-order valence-corrected chi connectivity index (χ3v) is 5.44.